The standard InChI is InChI=1S/C22H30N4OS/c28-22(25-24-20-10-3-1-4-11-20)23-13-8-16-27-21-12-7-9-19(17-21)18-26-14-5-2-6-15-26/h1,3-4,7,9-12,17,24H,2,5-6,8,13-16,18H2,(H2,23,25,28). The summed E-state index contributed by atoms with van der Waals surface area (Å²) in [4.78, 5) is 2.53. The molecule has 2 aromatic carbocycles. The van der Waals surface area contributed by atoms with Crippen LogP contribution in [0.4, 0.5) is 5.69 Å². The van der Waals surface area contributed by atoms with E-state index in [-0.39, 0.29) is 0 Å². The number of benzene rings is 2. The summed E-state index contributed by atoms with van der Waals surface area (Å²) < 4.78 is 5.91. The van der Waals surface area contributed by atoms with Gasteiger partial charge in [0.25, 0.3) is 0 Å². The molecule has 0 unspecified atom stereocenters. The minimum Gasteiger partial charge on any atom is -0.494 e. The normalized spacial score (nSPS) is 14.3. The summed E-state index contributed by atoms with van der Waals surface area (Å²) >= 11 is 5.26. The fraction of sp³-hybridized carbons (Fsp3) is 0.409. The van der Waals surface area contributed by atoms with Crippen LogP contribution in [0.2, 0.25) is 0 Å². The third-order valence-corrected chi connectivity index (χ3v) is 4.97. The van der Waals surface area contributed by atoms with Crippen LogP contribution in [-0.4, -0.2) is 36.3 Å². The first-order valence-electron chi connectivity index (χ1n) is 10.1. The van der Waals surface area contributed by atoms with Crippen LogP contribution in [0.5, 0.6) is 5.75 Å². The summed E-state index contributed by atoms with van der Waals surface area (Å²) in [5.41, 5.74) is 8.34. The van der Waals surface area contributed by atoms with Gasteiger partial charge in [-0.15, -0.1) is 0 Å². The summed E-state index contributed by atoms with van der Waals surface area (Å²) in [5, 5.41) is 3.75. The maximum absolute atomic E-state index is 5.91. The fourth-order valence-electron chi connectivity index (χ4n) is 3.27. The van der Waals surface area contributed by atoms with Gasteiger partial charge in [-0.25, -0.2) is 0 Å². The molecule has 5 nitrogen and oxygen atoms in total. The van der Waals surface area contributed by atoms with Crippen molar-refractivity contribution in [2.75, 3.05) is 31.7 Å². The molecule has 2 aromatic rings. The number of anilines is 1. The van der Waals surface area contributed by atoms with Crippen molar-refractivity contribution >= 4 is 23.0 Å². The lowest BCUT2D eigenvalue weighted by Gasteiger charge is -2.26. The second-order valence-electron chi connectivity index (χ2n) is 7.06. The fourth-order valence-corrected chi connectivity index (χ4v) is 3.42. The van der Waals surface area contributed by atoms with Crippen molar-refractivity contribution in [1.29, 1.82) is 0 Å². The van der Waals surface area contributed by atoms with Crippen LogP contribution in [0.1, 0.15) is 31.2 Å². The highest BCUT2D eigenvalue weighted by Crippen LogP contribution is 2.17. The lowest BCUT2D eigenvalue weighted by atomic mass is 10.1. The third-order valence-electron chi connectivity index (χ3n) is 4.72. The van der Waals surface area contributed by atoms with Crippen molar-refractivity contribution < 1.29 is 4.74 Å². The Morgan fingerprint density at radius 3 is 2.64 bits per heavy atom. The van der Waals surface area contributed by atoms with E-state index in [0.29, 0.717) is 11.7 Å². The largest absolute Gasteiger partial charge is 0.494 e. The topological polar surface area (TPSA) is 48.6 Å². The van der Waals surface area contributed by atoms with Crippen molar-refractivity contribution in [1.82, 2.24) is 15.6 Å². The van der Waals surface area contributed by atoms with Gasteiger partial charge in [0, 0.05) is 13.1 Å². The molecule has 1 aliphatic heterocycles. The molecule has 1 saturated heterocycles. The number of likely N-dealkylation sites (tertiary alicyclic amines) is 1. The van der Waals surface area contributed by atoms with Gasteiger partial charge in [0.2, 0.25) is 0 Å². The van der Waals surface area contributed by atoms with E-state index in [1.54, 1.807) is 0 Å². The molecule has 0 saturated carbocycles. The molecular weight excluding hydrogens is 368 g/mol. The molecule has 0 aliphatic carbocycles. The molecule has 1 heterocycles. The molecule has 1 fully saturated rings. The lowest BCUT2D eigenvalue weighted by molar-refractivity contribution is 0.220. The monoisotopic (exact) mass is 398 g/mol. The first-order valence-corrected chi connectivity index (χ1v) is 10.5. The van der Waals surface area contributed by atoms with Crippen LogP contribution in [0.3, 0.4) is 0 Å². The average molecular weight is 399 g/mol. The summed E-state index contributed by atoms with van der Waals surface area (Å²) in [6.07, 6.45) is 4.89. The Hall–Kier alpha value is -2.31. The number of nitrogens with zero attached hydrogens (tertiary/aromatic N) is 1. The maximum Gasteiger partial charge on any atom is 0.185 e. The van der Waals surface area contributed by atoms with Crippen LogP contribution >= 0.6 is 12.2 Å². The van der Waals surface area contributed by atoms with Gasteiger partial charge in [-0.05, 0) is 74.4 Å². The van der Waals surface area contributed by atoms with Crippen LogP contribution in [0.25, 0.3) is 0 Å². The molecule has 28 heavy (non-hydrogen) atoms. The predicted octanol–water partition coefficient (Wildman–Crippen LogP) is 3.93. The van der Waals surface area contributed by atoms with Crippen LogP contribution in [-0.2, 0) is 6.54 Å². The Bertz CT molecular complexity index is 719. The van der Waals surface area contributed by atoms with Gasteiger partial charge < -0.3 is 10.1 Å². The molecule has 6 heteroatoms. The second-order valence-corrected chi connectivity index (χ2v) is 7.47. The first kappa shape index (κ1) is 20.4. The number of hydrazine groups is 1. The molecule has 1 aliphatic rings. The van der Waals surface area contributed by atoms with Crippen molar-refractivity contribution in [2.24, 2.45) is 0 Å². The number of hydrogen-bond acceptors (Lipinski definition) is 4. The zero-order chi connectivity index (χ0) is 19.4. The molecule has 150 valence electrons. The molecule has 0 atom stereocenters. The number of ether oxygens (including phenoxy) is 1. The van der Waals surface area contributed by atoms with Gasteiger partial charge in [0.05, 0.1) is 12.3 Å². The van der Waals surface area contributed by atoms with E-state index in [2.05, 4.69) is 39.3 Å². The average Bonchev–Trinajstić information content (AvgIpc) is 2.74. The zero-order valence-electron chi connectivity index (χ0n) is 16.3. The minimum atomic E-state index is 0.576. The molecule has 3 rings (SSSR count). The molecular formula is C22H30N4OS. The van der Waals surface area contributed by atoms with Gasteiger partial charge in [-0.3, -0.25) is 15.8 Å². The van der Waals surface area contributed by atoms with E-state index < -0.39 is 0 Å². The second kappa shape index (κ2) is 11.5. The van der Waals surface area contributed by atoms with E-state index in [0.717, 1.165) is 30.9 Å². The first-order chi connectivity index (χ1) is 13.8. The molecule has 3 N–H and O–H groups in total. The lowest BCUT2D eigenvalue weighted by Crippen LogP contribution is -2.39. The quantitative estimate of drug-likeness (QED) is 0.338. The number of hydrogen-bond donors (Lipinski definition) is 3. The zero-order valence-corrected chi connectivity index (χ0v) is 17.1. The number of para-hydroxylation sites is 1. The van der Waals surface area contributed by atoms with Crippen molar-refractivity contribution in [3.63, 3.8) is 0 Å². The van der Waals surface area contributed by atoms with E-state index in [1.807, 2.05) is 36.4 Å². The number of thiocarbonyl (C=S) groups is 1. The van der Waals surface area contributed by atoms with E-state index in [4.69, 9.17) is 17.0 Å². The SMILES string of the molecule is S=C(NCCCOc1cccc(CN2CCCCC2)c1)NNc1ccccc1. The smallest absolute Gasteiger partial charge is 0.185 e. The third kappa shape index (κ3) is 7.37. The predicted molar refractivity (Wildman–Crippen MR) is 119 cm³/mol. The Balaban J connectivity index is 1.29. The molecule has 0 aromatic heterocycles. The van der Waals surface area contributed by atoms with Crippen molar-refractivity contribution in [3.05, 3.63) is 60.2 Å². The Kier molecular flexibility index (Phi) is 8.40. The Morgan fingerprint density at radius 1 is 1.00 bits per heavy atom. The highest BCUT2D eigenvalue weighted by molar-refractivity contribution is 7.80. The Morgan fingerprint density at radius 2 is 1.82 bits per heavy atom. The summed E-state index contributed by atoms with van der Waals surface area (Å²) in [7, 11) is 0. The number of nitrogens with one attached hydrogen (secondary N) is 3. The minimum absolute atomic E-state index is 0.576. The van der Waals surface area contributed by atoms with Crippen LogP contribution in [0, 0.1) is 0 Å². The van der Waals surface area contributed by atoms with Gasteiger partial charge in [0.1, 0.15) is 5.75 Å². The summed E-state index contributed by atoms with van der Waals surface area (Å²) in [5.74, 6) is 0.945. The molecule has 0 spiro atoms. The van der Waals surface area contributed by atoms with Crippen molar-refractivity contribution in [3.8, 4) is 5.75 Å². The molecule has 0 amide bonds. The van der Waals surface area contributed by atoms with Gasteiger partial charge in [-0.2, -0.15) is 0 Å². The van der Waals surface area contributed by atoms with Crippen LogP contribution < -0.4 is 20.9 Å². The summed E-state index contributed by atoms with van der Waals surface area (Å²) in [6.45, 7) is 4.87. The molecule has 0 bridgehead atoms. The van der Waals surface area contributed by atoms with E-state index >= 15 is 0 Å². The Labute approximate surface area is 173 Å². The van der Waals surface area contributed by atoms with Gasteiger partial charge in [-0.1, -0.05) is 36.8 Å². The summed E-state index contributed by atoms with van der Waals surface area (Å²) in [6, 6.07) is 18.3. The number of piperidine rings is 1. The van der Waals surface area contributed by atoms with Gasteiger partial charge >= 0.3 is 0 Å². The van der Waals surface area contributed by atoms with E-state index in [9.17, 15) is 0 Å². The number of rotatable bonds is 9. The highest BCUT2D eigenvalue weighted by atomic mass is 32.1. The van der Waals surface area contributed by atoms with Gasteiger partial charge in [0.15, 0.2) is 5.11 Å². The van der Waals surface area contributed by atoms with Crippen molar-refractivity contribution in [2.45, 2.75) is 32.2 Å². The van der Waals surface area contributed by atoms with E-state index in [1.165, 1.54) is 37.9 Å². The van der Waals surface area contributed by atoms with Crippen LogP contribution in [0.15, 0.2) is 54.6 Å². The highest BCUT2D eigenvalue weighted by Gasteiger charge is 2.10. The maximum atomic E-state index is 5.91. The molecule has 0 radical (unpaired) electrons.